The standard InChI is InChI=1S/C10H11NO2S/c1-11-6-8-7(10(12)13-2)4-3-5-9(8)14-11/h3-5H,6H2,1-2H3. The molecule has 2 rings (SSSR count). The second-order valence-corrected chi connectivity index (χ2v) is 4.40. The van der Waals surface area contributed by atoms with Crippen molar-refractivity contribution in [2.75, 3.05) is 14.2 Å². The molecule has 0 fully saturated rings. The first-order chi connectivity index (χ1) is 6.72. The lowest BCUT2D eigenvalue weighted by Crippen LogP contribution is -2.07. The molecule has 0 N–H and O–H groups in total. The molecule has 0 aromatic heterocycles. The monoisotopic (exact) mass is 209 g/mol. The summed E-state index contributed by atoms with van der Waals surface area (Å²) in [7, 11) is 3.42. The van der Waals surface area contributed by atoms with E-state index in [9.17, 15) is 4.79 Å². The van der Waals surface area contributed by atoms with Gasteiger partial charge in [0.25, 0.3) is 0 Å². The third-order valence-electron chi connectivity index (χ3n) is 2.17. The van der Waals surface area contributed by atoms with Crippen LogP contribution in [0.4, 0.5) is 0 Å². The minimum Gasteiger partial charge on any atom is -0.465 e. The Hall–Kier alpha value is -1.00. The molecule has 1 aliphatic heterocycles. The van der Waals surface area contributed by atoms with Gasteiger partial charge in [0.1, 0.15) is 0 Å². The van der Waals surface area contributed by atoms with Gasteiger partial charge in [0, 0.05) is 11.4 Å². The van der Waals surface area contributed by atoms with Crippen molar-refractivity contribution >= 4 is 17.9 Å². The van der Waals surface area contributed by atoms with Gasteiger partial charge >= 0.3 is 5.97 Å². The van der Waals surface area contributed by atoms with Crippen LogP contribution in [0.5, 0.6) is 0 Å². The zero-order valence-electron chi connectivity index (χ0n) is 8.11. The minimum absolute atomic E-state index is 0.252. The van der Waals surface area contributed by atoms with Crippen molar-refractivity contribution in [1.29, 1.82) is 0 Å². The molecule has 3 nitrogen and oxygen atoms in total. The Labute approximate surface area is 87.2 Å². The zero-order chi connectivity index (χ0) is 10.1. The number of methoxy groups -OCH3 is 1. The van der Waals surface area contributed by atoms with Crippen LogP contribution in [-0.2, 0) is 11.3 Å². The maximum absolute atomic E-state index is 11.4. The van der Waals surface area contributed by atoms with E-state index in [1.165, 1.54) is 7.11 Å². The van der Waals surface area contributed by atoms with E-state index >= 15 is 0 Å². The molecule has 4 heteroatoms. The van der Waals surface area contributed by atoms with Crippen molar-refractivity contribution in [3.05, 3.63) is 29.3 Å². The Kier molecular flexibility index (Phi) is 2.48. The lowest BCUT2D eigenvalue weighted by Gasteiger charge is -2.04. The number of hydrogen-bond donors (Lipinski definition) is 0. The summed E-state index contributed by atoms with van der Waals surface area (Å²) in [5.41, 5.74) is 1.76. The average molecular weight is 209 g/mol. The van der Waals surface area contributed by atoms with E-state index in [1.807, 2.05) is 25.2 Å². The highest BCUT2D eigenvalue weighted by Crippen LogP contribution is 2.36. The SMILES string of the molecule is COC(=O)c1cccc2c1CN(C)S2. The highest BCUT2D eigenvalue weighted by atomic mass is 32.2. The summed E-state index contributed by atoms with van der Waals surface area (Å²) in [6.45, 7) is 0.797. The first kappa shape index (κ1) is 9.55. The predicted octanol–water partition coefficient (Wildman–Crippen LogP) is 1.93. The second kappa shape index (κ2) is 3.63. The number of ether oxygens (including phenoxy) is 1. The van der Waals surface area contributed by atoms with Crippen molar-refractivity contribution in [1.82, 2.24) is 4.31 Å². The summed E-state index contributed by atoms with van der Waals surface area (Å²) in [6, 6.07) is 5.72. The van der Waals surface area contributed by atoms with Crippen LogP contribution in [0.1, 0.15) is 15.9 Å². The van der Waals surface area contributed by atoms with Gasteiger partial charge in [-0.05, 0) is 36.7 Å². The van der Waals surface area contributed by atoms with Gasteiger partial charge in [0.2, 0.25) is 0 Å². The molecule has 1 aromatic carbocycles. The van der Waals surface area contributed by atoms with Crippen LogP contribution >= 0.6 is 11.9 Å². The van der Waals surface area contributed by atoms with Crippen LogP contribution in [0.25, 0.3) is 0 Å². The number of carbonyl (C=O) groups is 1. The lowest BCUT2D eigenvalue weighted by atomic mass is 10.1. The highest BCUT2D eigenvalue weighted by Gasteiger charge is 2.22. The molecule has 0 bridgehead atoms. The fourth-order valence-electron chi connectivity index (χ4n) is 1.54. The smallest absolute Gasteiger partial charge is 0.338 e. The molecule has 1 heterocycles. The van der Waals surface area contributed by atoms with Crippen molar-refractivity contribution in [3.8, 4) is 0 Å². The number of esters is 1. The minimum atomic E-state index is -0.252. The topological polar surface area (TPSA) is 29.5 Å². The van der Waals surface area contributed by atoms with Gasteiger partial charge in [-0.1, -0.05) is 6.07 Å². The summed E-state index contributed by atoms with van der Waals surface area (Å²) in [4.78, 5) is 12.6. The Bertz CT molecular complexity index is 378. The number of hydrogen-bond acceptors (Lipinski definition) is 4. The molecule has 0 unspecified atom stereocenters. The van der Waals surface area contributed by atoms with E-state index in [0.717, 1.165) is 17.0 Å². The van der Waals surface area contributed by atoms with Gasteiger partial charge in [-0.3, -0.25) is 0 Å². The summed E-state index contributed by atoms with van der Waals surface area (Å²) in [5, 5.41) is 0. The van der Waals surface area contributed by atoms with E-state index in [0.29, 0.717) is 5.56 Å². The molecule has 0 atom stereocenters. The fourth-order valence-corrected chi connectivity index (χ4v) is 2.49. The van der Waals surface area contributed by atoms with Gasteiger partial charge in [-0.25, -0.2) is 9.10 Å². The fraction of sp³-hybridized carbons (Fsp3) is 0.300. The maximum Gasteiger partial charge on any atom is 0.338 e. The van der Waals surface area contributed by atoms with Crippen LogP contribution in [0, 0.1) is 0 Å². The van der Waals surface area contributed by atoms with E-state index in [-0.39, 0.29) is 5.97 Å². The number of benzene rings is 1. The maximum atomic E-state index is 11.4. The van der Waals surface area contributed by atoms with Gasteiger partial charge in [0.05, 0.1) is 12.7 Å². The van der Waals surface area contributed by atoms with Gasteiger partial charge < -0.3 is 4.74 Å². The molecule has 0 amide bonds. The third kappa shape index (κ3) is 1.51. The van der Waals surface area contributed by atoms with Crippen molar-refractivity contribution in [3.63, 3.8) is 0 Å². The number of fused-ring (bicyclic) bond motifs is 1. The summed E-state index contributed by atoms with van der Waals surface area (Å²) in [5.74, 6) is -0.252. The molecule has 74 valence electrons. The van der Waals surface area contributed by atoms with E-state index in [4.69, 9.17) is 4.74 Å². The third-order valence-corrected chi connectivity index (χ3v) is 3.19. The van der Waals surface area contributed by atoms with Crippen LogP contribution in [0.3, 0.4) is 0 Å². The normalized spacial score (nSPS) is 15.3. The number of rotatable bonds is 1. The molecule has 0 spiro atoms. The quantitative estimate of drug-likeness (QED) is 0.522. The van der Waals surface area contributed by atoms with Crippen LogP contribution in [0.2, 0.25) is 0 Å². The first-order valence-corrected chi connectivity index (χ1v) is 5.09. The summed E-state index contributed by atoms with van der Waals surface area (Å²) < 4.78 is 6.82. The largest absolute Gasteiger partial charge is 0.465 e. The summed E-state index contributed by atoms with van der Waals surface area (Å²) >= 11 is 1.66. The number of carbonyl (C=O) groups excluding carboxylic acids is 1. The second-order valence-electron chi connectivity index (χ2n) is 3.15. The van der Waals surface area contributed by atoms with Crippen LogP contribution in [0.15, 0.2) is 23.1 Å². The van der Waals surface area contributed by atoms with E-state index in [2.05, 4.69) is 4.31 Å². The van der Waals surface area contributed by atoms with Crippen LogP contribution in [-0.4, -0.2) is 24.4 Å². The first-order valence-electron chi connectivity index (χ1n) is 4.31. The summed E-state index contributed by atoms with van der Waals surface area (Å²) in [6.07, 6.45) is 0. The molecule has 0 saturated carbocycles. The zero-order valence-corrected chi connectivity index (χ0v) is 8.93. The van der Waals surface area contributed by atoms with Crippen LogP contribution < -0.4 is 0 Å². The molecule has 1 aliphatic rings. The highest BCUT2D eigenvalue weighted by molar-refractivity contribution is 7.97. The molecule has 1 aromatic rings. The molecule has 14 heavy (non-hydrogen) atoms. The molecule has 0 radical (unpaired) electrons. The molecular weight excluding hydrogens is 198 g/mol. The Balaban J connectivity index is 2.44. The van der Waals surface area contributed by atoms with Gasteiger partial charge in [-0.15, -0.1) is 0 Å². The molecule has 0 aliphatic carbocycles. The molecular formula is C10H11NO2S. The van der Waals surface area contributed by atoms with Gasteiger partial charge in [0.15, 0.2) is 0 Å². The average Bonchev–Trinajstić information content (AvgIpc) is 2.56. The Morgan fingerprint density at radius 3 is 3.07 bits per heavy atom. The van der Waals surface area contributed by atoms with E-state index in [1.54, 1.807) is 11.9 Å². The molecule has 0 saturated heterocycles. The number of nitrogens with zero attached hydrogens (tertiary/aromatic N) is 1. The lowest BCUT2D eigenvalue weighted by molar-refractivity contribution is 0.0599. The van der Waals surface area contributed by atoms with E-state index < -0.39 is 0 Å². The Morgan fingerprint density at radius 1 is 1.57 bits per heavy atom. The van der Waals surface area contributed by atoms with Crippen molar-refractivity contribution in [2.45, 2.75) is 11.4 Å². The van der Waals surface area contributed by atoms with Gasteiger partial charge in [-0.2, -0.15) is 0 Å². The van der Waals surface area contributed by atoms with Crippen molar-refractivity contribution in [2.24, 2.45) is 0 Å². The van der Waals surface area contributed by atoms with Crippen molar-refractivity contribution < 1.29 is 9.53 Å². The predicted molar refractivity (Wildman–Crippen MR) is 55.1 cm³/mol. The Morgan fingerprint density at radius 2 is 2.36 bits per heavy atom.